The number of pyridine rings is 1. The molecule has 0 unspecified atom stereocenters. The Morgan fingerprint density at radius 3 is 2.52 bits per heavy atom. The highest BCUT2D eigenvalue weighted by Gasteiger charge is 2.20. The van der Waals surface area contributed by atoms with E-state index in [1.54, 1.807) is 18.1 Å². The molecule has 0 aliphatic carbocycles. The number of carbonyl (C=O) groups excluding carboxylic acids is 1. The third kappa shape index (κ3) is 4.53. The lowest BCUT2D eigenvalue weighted by Crippen LogP contribution is -2.34. The van der Waals surface area contributed by atoms with E-state index in [1.165, 1.54) is 17.8 Å². The highest BCUT2D eigenvalue weighted by molar-refractivity contribution is 5.94. The summed E-state index contributed by atoms with van der Waals surface area (Å²) in [5.74, 6) is -0.416. The smallest absolute Gasteiger partial charge is 0.276 e. The lowest BCUT2D eigenvalue weighted by atomic mass is 10.1. The van der Waals surface area contributed by atoms with Gasteiger partial charge in [-0.05, 0) is 29.7 Å². The third-order valence-corrected chi connectivity index (χ3v) is 3.65. The number of carbonyl (C=O) groups is 1. The maximum atomic E-state index is 12.6. The first-order chi connectivity index (χ1) is 11.2. The van der Waals surface area contributed by atoms with Gasteiger partial charge < -0.3 is 14.7 Å². The van der Waals surface area contributed by atoms with Crippen LogP contribution in [-0.4, -0.2) is 41.2 Å². The van der Waals surface area contributed by atoms with Crippen LogP contribution >= 0.6 is 0 Å². The summed E-state index contributed by atoms with van der Waals surface area (Å²) in [6, 6.07) is 11.2. The molecule has 1 aromatic carbocycles. The number of nitrogens with zero attached hydrogens (tertiary/aromatic N) is 2. The van der Waals surface area contributed by atoms with Gasteiger partial charge in [0.05, 0.1) is 6.61 Å². The van der Waals surface area contributed by atoms with Crippen LogP contribution in [-0.2, 0) is 17.7 Å². The van der Waals surface area contributed by atoms with Crippen LogP contribution in [0.25, 0.3) is 0 Å². The molecule has 122 valence electrons. The fourth-order valence-corrected chi connectivity index (χ4v) is 2.27. The molecule has 1 amide bonds. The normalized spacial score (nSPS) is 10.5. The minimum Gasteiger partial charge on any atom is -0.505 e. The first kappa shape index (κ1) is 17.0. The Bertz CT molecular complexity index is 641. The Balaban J connectivity index is 2.18. The molecule has 0 saturated heterocycles. The van der Waals surface area contributed by atoms with Gasteiger partial charge in [-0.3, -0.25) is 4.79 Å². The van der Waals surface area contributed by atoms with Crippen molar-refractivity contribution in [2.24, 2.45) is 0 Å². The zero-order chi connectivity index (χ0) is 16.7. The Labute approximate surface area is 136 Å². The van der Waals surface area contributed by atoms with Crippen molar-refractivity contribution in [2.75, 3.05) is 20.3 Å². The molecule has 0 aliphatic rings. The molecule has 1 N–H and O–H groups in total. The molecule has 0 atom stereocenters. The lowest BCUT2D eigenvalue weighted by Gasteiger charge is -2.22. The minimum absolute atomic E-state index is 0.0637. The number of rotatable bonds is 7. The van der Waals surface area contributed by atoms with Crippen molar-refractivity contribution in [1.82, 2.24) is 9.88 Å². The predicted molar refractivity (Wildman–Crippen MR) is 88.3 cm³/mol. The van der Waals surface area contributed by atoms with Crippen molar-refractivity contribution in [3.05, 3.63) is 59.4 Å². The largest absolute Gasteiger partial charge is 0.505 e. The summed E-state index contributed by atoms with van der Waals surface area (Å²) in [7, 11) is 1.59. The average molecular weight is 314 g/mol. The number of hydrogen-bond acceptors (Lipinski definition) is 4. The van der Waals surface area contributed by atoms with Crippen molar-refractivity contribution in [3.63, 3.8) is 0 Å². The van der Waals surface area contributed by atoms with Crippen molar-refractivity contribution in [2.45, 2.75) is 19.9 Å². The number of aryl methyl sites for hydroxylation is 1. The first-order valence-corrected chi connectivity index (χ1v) is 7.65. The summed E-state index contributed by atoms with van der Waals surface area (Å²) in [4.78, 5) is 18.3. The Morgan fingerprint density at radius 1 is 1.22 bits per heavy atom. The molecular weight excluding hydrogens is 292 g/mol. The van der Waals surface area contributed by atoms with E-state index in [2.05, 4.69) is 24.0 Å². The van der Waals surface area contributed by atoms with Crippen LogP contribution < -0.4 is 0 Å². The van der Waals surface area contributed by atoms with E-state index in [9.17, 15) is 9.90 Å². The van der Waals surface area contributed by atoms with Gasteiger partial charge in [-0.25, -0.2) is 4.98 Å². The van der Waals surface area contributed by atoms with E-state index in [0.29, 0.717) is 19.7 Å². The molecule has 23 heavy (non-hydrogen) atoms. The van der Waals surface area contributed by atoms with Crippen molar-refractivity contribution in [1.29, 1.82) is 0 Å². The van der Waals surface area contributed by atoms with Gasteiger partial charge in [0.1, 0.15) is 5.75 Å². The number of aromatic nitrogens is 1. The highest BCUT2D eigenvalue weighted by atomic mass is 16.5. The van der Waals surface area contributed by atoms with Crippen LogP contribution in [0, 0.1) is 0 Å². The quantitative estimate of drug-likeness (QED) is 0.853. The van der Waals surface area contributed by atoms with Gasteiger partial charge in [0.2, 0.25) is 0 Å². The monoisotopic (exact) mass is 314 g/mol. The zero-order valence-electron chi connectivity index (χ0n) is 13.5. The predicted octanol–water partition coefficient (Wildman–Crippen LogP) is 2.64. The summed E-state index contributed by atoms with van der Waals surface area (Å²) < 4.78 is 5.09. The van der Waals surface area contributed by atoms with E-state index < -0.39 is 0 Å². The topological polar surface area (TPSA) is 62.7 Å². The van der Waals surface area contributed by atoms with Crippen molar-refractivity contribution >= 4 is 5.91 Å². The van der Waals surface area contributed by atoms with E-state index in [1.807, 2.05) is 12.1 Å². The molecule has 0 radical (unpaired) electrons. The molecule has 2 aromatic rings. The van der Waals surface area contributed by atoms with Crippen LogP contribution in [0.2, 0.25) is 0 Å². The standard InChI is InChI=1S/C18H22N2O3/c1-3-14-6-8-15(9-7-14)13-20(11-12-23-2)18(22)17-16(21)5-4-10-19-17/h4-10,21H,3,11-13H2,1-2H3. The number of aromatic hydroxyl groups is 1. The van der Waals surface area contributed by atoms with Gasteiger partial charge in [-0.15, -0.1) is 0 Å². The summed E-state index contributed by atoms with van der Waals surface area (Å²) in [6.07, 6.45) is 2.48. The van der Waals surface area contributed by atoms with E-state index in [0.717, 1.165) is 12.0 Å². The van der Waals surface area contributed by atoms with Crippen LogP contribution in [0.4, 0.5) is 0 Å². The van der Waals surface area contributed by atoms with Gasteiger partial charge in [0.15, 0.2) is 5.69 Å². The highest BCUT2D eigenvalue weighted by Crippen LogP contribution is 2.17. The zero-order valence-corrected chi connectivity index (χ0v) is 13.5. The van der Waals surface area contributed by atoms with Crippen LogP contribution in [0.5, 0.6) is 5.75 Å². The lowest BCUT2D eigenvalue weighted by molar-refractivity contribution is 0.0671. The Hall–Kier alpha value is -2.40. The van der Waals surface area contributed by atoms with Gasteiger partial charge in [0.25, 0.3) is 5.91 Å². The number of hydrogen-bond donors (Lipinski definition) is 1. The maximum absolute atomic E-state index is 12.6. The third-order valence-electron chi connectivity index (χ3n) is 3.65. The van der Waals surface area contributed by atoms with Gasteiger partial charge in [-0.2, -0.15) is 0 Å². The van der Waals surface area contributed by atoms with Gasteiger partial charge in [0, 0.05) is 26.4 Å². The summed E-state index contributed by atoms with van der Waals surface area (Å²) in [6.45, 7) is 3.41. The Morgan fingerprint density at radius 2 is 1.91 bits per heavy atom. The molecule has 0 fully saturated rings. The van der Waals surface area contributed by atoms with E-state index >= 15 is 0 Å². The molecule has 5 nitrogen and oxygen atoms in total. The van der Waals surface area contributed by atoms with Gasteiger partial charge in [-0.1, -0.05) is 31.2 Å². The molecule has 1 heterocycles. The molecule has 1 aromatic heterocycles. The van der Waals surface area contributed by atoms with Crippen LogP contribution in [0.3, 0.4) is 0 Å². The fraction of sp³-hybridized carbons (Fsp3) is 0.333. The Kier molecular flexibility index (Phi) is 6.11. The second kappa shape index (κ2) is 8.29. The molecule has 5 heteroatoms. The summed E-state index contributed by atoms with van der Waals surface area (Å²) >= 11 is 0. The van der Waals surface area contributed by atoms with Crippen LogP contribution in [0.1, 0.15) is 28.5 Å². The number of ether oxygens (including phenoxy) is 1. The first-order valence-electron chi connectivity index (χ1n) is 7.65. The molecule has 0 bridgehead atoms. The van der Waals surface area contributed by atoms with Crippen molar-refractivity contribution in [3.8, 4) is 5.75 Å². The second-order valence-electron chi connectivity index (χ2n) is 5.26. The fourth-order valence-electron chi connectivity index (χ4n) is 2.27. The average Bonchev–Trinajstić information content (AvgIpc) is 2.59. The molecule has 0 saturated carbocycles. The van der Waals surface area contributed by atoms with Gasteiger partial charge >= 0.3 is 0 Å². The van der Waals surface area contributed by atoms with Crippen molar-refractivity contribution < 1.29 is 14.6 Å². The summed E-state index contributed by atoms with van der Waals surface area (Å²) in [5, 5.41) is 9.85. The summed E-state index contributed by atoms with van der Waals surface area (Å²) in [5.41, 5.74) is 2.35. The molecule has 0 spiro atoms. The molecule has 2 rings (SSSR count). The second-order valence-corrected chi connectivity index (χ2v) is 5.26. The van der Waals surface area contributed by atoms with E-state index in [-0.39, 0.29) is 17.4 Å². The minimum atomic E-state index is -0.306. The SMILES string of the molecule is CCc1ccc(CN(CCOC)C(=O)c2ncccc2O)cc1. The number of benzene rings is 1. The maximum Gasteiger partial charge on any atom is 0.276 e. The van der Waals surface area contributed by atoms with Crippen LogP contribution in [0.15, 0.2) is 42.6 Å². The number of methoxy groups -OCH3 is 1. The molecule has 0 aliphatic heterocycles. The van der Waals surface area contributed by atoms with E-state index in [4.69, 9.17) is 4.74 Å². The molecular formula is C18H22N2O3. The number of amides is 1.